The number of ether oxygens (including phenoxy) is 1. The Morgan fingerprint density at radius 3 is 2.42 bits per heavy atom. The number of nitrogens with zero attached hydrogens (tertiary/aromatic N) is 8. The second kappa shape index (κ2) is 15.8. The number of nitrogens with one attached hydrogen (secondary N) is 3. The minimum absolute atomic E-state index is 0.374. The lowest BCUT2D eigenvalue weighted by Crippen LogP contribution is -2.48. The fourth-order valence-corrected chi connectivity index (χ4v) is 10.4. The highest BCUT2D eigenvalue weighted by Crippen LogP contribution is 2.46. The van der Waals surface area contributed by atoms with Crippen LogP contribution in [0.2, 0.25) is 0 Å². The molecule has 13 nitrogen and oxygen atoms in total. The summed E-state index contributed by atoms with van der Waals surface area (Å²) in [5.41, 5.74) is 6.35. The summed E-state index contributed by atoms with van der Waals surface area (Å²) >= 11 is 3.62. The van der Waals surface area contributed by atoms with Gasteiger partial charge in [-0.05, 0) is 123 Å². The summed E-state index contributed by atoms with van der Waals surface area (Å²) in [4.78, 5) is 23.7. The normalized spacial score (nSPS) is 18.2. The fraction of sp³-hybridized carbons (Fsp3) is 0.475. The Bertz CT molecular complexity index is 2200. The SMILES string of the molecule is COc1cc(N2CCC3(CCN(CC4CCNCC4)CC3)CC2)c(-c2cnn(C)c2)cc1Nc1ncc(Br)c(Nc2ccc3nccnc3c2P(C)(C)=O)n1. The molecule has 3 N–H and O–H groups in total. The number of rotatable bonds is 10. The van der Waals surface area contributed by atoms with Crippen LogP contribution in [0.5, 0.6) is 5.75 Å². The highest BCUT2D eigenvalue weighted by atomic mass is 79.9. The van der Waals surface area contributed by atoms with Gasteiger partial charge in [0.25, 0.3) is 0 Å². The second-order valence-corrected chi connectivity index (χ2v) is 19.8. The molecule has 0 bridgehead atoms. The van der Waals surface area contributed by atoms with Crippen LogP contribution < -0.4 is 30.9 Å². The van der Waals surface area contributed by atoms with Crippen molar-refractivity contribution in [3.05, 3.63) is 59.7 Å². The Balaban J connectivity index is 1.03. The predicted molar refractivity (Wildman–Crippen MR) is 225 cm³/mol. The van der Waals surface area contributed by atoms with Gasteiger partial charge in [-0.2, -0.15) is 10.1 Å². The molecule has 290 valence electrons. The van der Waals surface area contributed by atoms with Crippen LogP contribution in [-0.2, 0) is 11.6 Å². The number of methoxy groups -OCH3 is 1. The van der Waals surface area contributed by atoms with Crippen LogP contribution in [0.15, 0.2) is 59.7 Å². The second-order valence-electron chi connectivity index (χ2n) is 15.8. The van der Waals surface area contributed by atoms with Crippen LogP contribution in [0, 0.1) is 11.3 Å². The van der Waals surface area contributed by atoms with E-state index in [0.717, 1.165) is 41.5 Å². The van der Waals surface area contributed by atoms with Crippen molar-refractivity contribution >= 4 is 68.2 Å². The Hall–Kier alpha value is -4.10. The van der Waals surface area contributed by atoms with Gasteiger partial charge in [-0.25, -0.2) is 4.98 Å². The van der Waals surface area contributed by atoms with Gasteiger partial charge in [0, 0.05) is 74.3 Å². The molecule has 55 heavy (non-hydrogen) atoms. The fourth-order valence-electron chi connectivity index (χ4n) is 8.68. The molecule has 3 saturated heterocycles. The lowest BCUT2D eigenvalue weighted by molar-refractivity contribution is 0.0672. The number of benzene rings is 2. The number of halogens is 1. The van der Waals surface area contributed by atoms with Gasteiger partial charge >= 0.3 is 0 Å². The lowest BCUT2D eigenvalue weighted by atomic mass is 9.71. The number of fused-ring (bicyclic) bond motifs is 1. The highest BCUT2D eigenvalue weighted by Gasteiger charge is 2.38. The molecule has 6 heterocycles. The Morgan fingerprint density at radius 2 is 1.71 bits per heavy atom. The largest absolute Gasteiger partial charge is 0.494 e. The van der Waals surface area contributed by atoms with E-state index in [4.69, 9.17) is 9.72 Å². The van der Waals surface area contributed by atoms with Gasteiger partial charge in [0.1, 0.15) is 24.2 Å². The first-order valence-electron chi connectivity index (χ1n) is 19.3. The third-order valence-electron chi connectivity index (χ3n) is 11.8. The number of hydrogen-bond acceptors (Lipinski definition) is 12. The first-order chi connectivity index (χ1) is 26.6. The van der Waals surface area contributed by atoms with Crippen molar-refractivity contribution in [3.8, 4) is 16.9 Å². The van der Waals surface area contributed by atoms with Crippen LogP contribution in [0.1, 0.15) is 38.5 Å². The van der Waals surface area contributed by atoms with E-state index in [9.17, 15) is 4.57 Å². The molecule has 0 unspecified atom stereocenters. The predicted octanol–water partition coefficient (Wildman–Crippen LogP) is 7.01. The van der Waals surface area contributed by atoms with Crippen molar-refractivity contribution in [1.29, 1.82) is 0 Å². The molecule has 0 saturated carbocycles. The van der Waals surface area contributed by atoms with E-state index in [0.29, 0.717) is 49.4 Å². The van der Waals surface area contributed by atoms with Gasteiger partial charge in [-0.15, -0.1) is 0 Å². The van der Waals surface area contributed by atoms with Gasteiger partial charge in [-0.3, -0.25) is 14.6 Å². The summed E-state index contributed by atoms with van der Waals surface area (Å²) in [6, 6.07) is 8.01. The molecule has 0 radical (unpaired) electrons. The molecule has 3 fully saturated rings. The maximum Gasteiger partial charge on any atom is 0.229 e. The first kappa shape index (κ1) is 37.8. The van der Waals surface area contributed by atoms with E-state index in [-0.39, 0.29) is 0 Å². The molecular formula is C40H51BrN11O2P. The number of aromatic nitrogens is 6. The number of piperidine rings is 3. The maximum absolute atomic E-state index is 13.6. The smallest absolute Gasteiger partial charge is 0.229 e. The van der Waals surface area contributed by atoms with E-state index in [2.05, 4.69) is 80.1 Å². The topological polar surface area (TPSA) is 138 Å². The average Bonchev–Trinajstić information content (AvgIpc) is 3.63. The molecule has 15 heteroatoms. The number of likely N-dealkylation sites (tertiary alicyclic amines) is 1. The molecule has 0 amide bonds. The molecule has 3 aromatic heterocycles. The molecule has 2 aromatic carbocycles. The summed E-state index contributed by atoms with van der Waals surface area (Å²) < 4.78 is 22.1. The van der Waals surface area contributed by atoms with Crippen LogP contribution in [0.3, 0.4) is 0 Å². The summed E-state index contributed by atoms with van der Waals surface area (Å²) in [5, 5.41) is 15.5. The Morgan fingerprint density at radius 1 is 0.964 bits per heavy atom. The molecular weight excluding hydrogens is 777 g/mol. The van der Waals surface area contributed by atoms with E-state index in [1.807, 2.05) is 30.1 Å². The zero-order valence-corrected chi connectivity index (χ0v) is 34.7. The van der Waals surface area contributed by atoms with Crippen molar-refractivity contribution in [2.45, 2.75) is 38.5 Å². The highest BCUT2D eigenvalue weighted by molar-refractivity contribution is 9.10. The van der Waals surface area contributed by atoms with Gasteiger partial charge in [0.15, 0.2) is 0 Å². The minimum atomic E-state index is -2.77. The van der Waals surface area contributed by atoms with Crippen molar-refractivity contribution in [2.24, 2.45) is 18.4 Å². The summed E-state index contributed by atoms with van der Waals surface area (Å²) in [7, 11) is 0.875. The van der Waals surface area contributed by atoms with E-state index in [1.165, 1.54) is 71.2 Å². The van der Waals surface area contributed by atoms with Crippen LogP contribution in [0.25, 0.3) is 22.2 Å². The monoisotopic (exact) mass is 827 g/mol. The zero-order valence-electron chi connectivity index (χ0n) is 32.2. The van der Waals surface area contributed by atoms with Crippen molar-refractivity contribution in [2.75, 3.05) is 81.8 Å². The summed E-state index contributed by atoms with van der Waals surface area (Å²) in [6.07, 6.45) is 16.5. The summed E-state index contributed by atoms with van der Waals surface area (Å²) in [6.45, 7) is 11.6. The molecule has 8 rings (SSSR count). The Labute approximate surface area is 331 Å². The van der Waals surface area contributed by atoms with Crippen LogP contribution >= 0.6 is 23.1 Å². The average molecular weight is 829 g/mol. The van der Waals surface area contributed by atoms with Crippen molar-refractivity contribution < 1.29 is 9.30 Å². The first-order valence-corrected chi connectivity index (χ1v) is 22.7. The van der Waals surface area contributed by atoms with E-state index < -0.39 is 7.14 Å². The molecule has 3 aliphatic rings. The van der Waals surface area contributed by atoms with Gasteiger partial charge < -0.3 is 35.1 Å². The van der Waals surface area contributed by atoms with E-state index >= 15 is 0 Å². The van der Waals surface area contributed by atoms with Crippen molar-refractivity contribution in [3.63, 3.8) is 0 Å². The third-order valence-corrected chi connectivity index (χ3v) is 13.9. The molecule has 5 aromatic rings. The van der Waals surface area contributed by atoms with Gasteiger partial charge in [-0.1, -0.05) is 0 Å². The lowest BCUT2D eigenvalue weighted by Gasteiger charge is -2.48. The van der Waals surface area contributed by atoms with E-state index in [1.54, 1.807) is 39.0 Å². The summed E-state index contributed by atoms with van der Waals surface area (Å²) in [5.74, 6) is 2.43. The number of anilines is 5. The number of aryl methyl sites for hydroxylation is 1. The molecule has 3 aliphatic heterocycles. The molecule has 0 atom stereocenters. The third kappa shape index (κ3) is 8.24. The van der Waals surface area contributed by atoms with Gasteiger partial charge in [0.2, 0.25) is 5.95 Å². The zero-order chi connectivity index (χ0) is 38.2. The van der Waals surface area contributed by atoms with Crippen LogP contribution in [-0.4, -0.2) is 101 Å². The quantitative estimate of drug-likeness (QED) is 0.125. The standard InChI is InChI=1S/C40H51BrN11O2P/c1-50-26-28(23-46-50)29-21-33(48-39-45-24-30(41)38(49-39)47-32-6-5-31-36(44-16-15-43-31)37(32)55(3,4)53)35(54-2)22-34(29)52-19-11-40(12-20-52)9-17-51(18-10-40)25-27-7-13-42-14-8-27/h5-6,15-16,21-24,26-27,42H,7-14,17-20,25H2,1-4H3,(H2,45,47,48,49). The van der Waals surface area contributed by atoms with Crippen LogP contribution in [0.4, 0.5) is 28.8 Å². The van der Waals surface area contributed by atoms with Crippen molar-refractivity contribution in [1.82, 2.24) is 39.9 Å². The number of hydrogen-bond donors (Lipinski definition) is 3. The minimum Gasteiger partial charge on any atom is -0.494 e. The molecule has 1 spiro atoms. The van der Waals surface area contributed by atoms with Gasteiger partial charge in [0.05, 0.1) is 40.0 Å². The molecule has 0 aliphatic carbocycles. The maximum atomic E-state index is 13.6. The Kier molecular flexibility index (Phi) is 10.9.